The van der Waals surface area contributed by atoms with Crippen LogP contribution in [0.1, 0.15) is 59.3 Å². The van der Waals surface area contributed by atoms with Crippen molar-refractivity contribution >= 4 is 0 Å². The van der Waals surface area contributed by atoms with Gasteiger partial charge in [-0.25, -0.2) is 0 Å². The average Bonchev–Trinajstić information content (AvgIpc) is 3.17. The smallest absolute Gasteiger partial charge is 0.312 e. The van der Waals surface area contributed by atoms with E-state index in [4.69, 9.17) is 0 Å². The van der Waals surface area contributed by atoms with Gasteiger partial charge in [0.05, 0.1) is 6.54 Å². The van der Waals surface area contributed by atoms with Crippen molar-refractivity contribution < 1.29 is 13.2 Å². The van der Waals surface area contributed by atoms with Gasteiger partial charge in [-0.05, 0) is 50.5 Å². The molecule has 124 valence electrons. The zero-order valence-electron chi connectivity index (χ0n) is 13.5. The highest BCUT2D eigenvalue weighted by Crippen LogP contribution is 2.42. The molecule has 0 bridgehead atoms. The standard InChI is InChI=1S/C16H29F3N2/c1-4-9-20-13-7-8-15(2,3)10-14(13)21(12-5-6-12)11-16(17,18)19/h12-14,20H,4-11H2,1-3H3. The fourth-order valence-electron chi connectivity index (χ4n) is 3.60. The number of nitrogens with one attached hydrogen (secondary N) is 1. The van der Waals surface area contributed by atoms with Crippen LogP contribution in [-0.4, -0.2) is 42.3 Å². The lowest BCUT2D eigenvalue weighted by Crippen LogP contribution is -2.57. The maximum absolute atomic E-state index is 13.0. The molecule has 0 spiro atoms. The average molecular weight is 306 g/mol. The van der Waals surface area contributed by atoms with E-state index in [-0.39, 0.29) is 23.5 Å². The lowest BCUT2D eigenvalue weighted by molar-refractivity contribution is -0.157. The number of rotatable bonds is 6. The van der Waals surface area contributed by atoms with Crippen LogP contribution in [-0.2, 0) is 0 Å². The number of nitrogens with zero attached hydrogens (tertiary/aromatic N) is 1. The molecule has 2 aliphatic rings. The zero-order chi connectivity index (χ0) is 15.7. The first-order valence-electron chi connectivity index (χ1n) is 8.28. The molecule has 0 amide bonds. The summed E-state index contributed by atoms with van der Waals surface area (Å²) < 4.78 is 38.9. The molecular formula is C16H29F3N2. The second-order valence-electron chi connectivity index (χ2n) is 7.55. The second kappa shape index (κ2) is 6.45. The lowest BCUT2D eigenvalue weighted by atomic mass is 9.72. The SMILES string of the molecule is CCCNC1CCC(C)(C)CC1N(CC(F)(F)F)C1CC1. The number of halogens is 3. The minimum atomic E-state index is -4.10. The molecule has 5 heteroatoms. The van der Waals surface area contributed by atoms with E-state index in [1.165, 1.54) is 0 Å². The van der Waals surface area contributed by atoms with Crippen LogP contribution in [0.3, 0.4) is 0 Å². The van der Waals surface area contributed by atoms with Gasteiger partial charge in [0, 0.05) is 18.1 Å². The quantitative estimate of drug-likeness (QED) is 0.799. The molecule has 0 heterocycles. The predicted molar refractivity (Wildman–Crippen MR) is 79.3 cm³/mol. The minimum Gasteiger partial charge on any atom is -0.312 e. The fraction of sp³-hybridized carbons (Fsp3) is 1.00. The van der Waals surface area contributed by atoms with Crippen molar-refractivity contribution in [1.82, 2.24) is 10.2 Å². The van der Waals surface area contributed by atoms with E-state index in [0.717, 1.165) is 45.1 Å². The molecule has 2 rings (SSSR count). The highest BCUT2D eigenvalue weighted by atomic mass is 19.4. The Hall–Kier alpha value is -0.290. The summed E-state index contributed by atoms with van der Waals surface area (Å²) in [5.74, 6) is 0. The Morgan fingerprint density at radius 2 is 1.86 bits per heavy atom. The minimum absolute atomic E-state index is 0.0226. The van der Waals surface area contributed by atoms with Gasteiger partial charge in [0.1, 0.15) is 0 Å². The van der Waals surface area contributed by atoms with Crippen LogP contribution in [0.5, 0.6) is 0 Å². The van der Waals surface area contributed by atoms with E-state index < -0.39 is 12.7 Å². The van der Waals surface area contributed by atoms with Crippen LogP contribution >= 0.6 is 0 Å². The summed E-state index contributed by atoms with van der Waals surface area (Å²) in [6.07, 6.45) is 1.71. The van der Waals surface area contributed by atoms with Gasteiger partial charge in [-0.1, -0.05) is 20.8 Å². The van der Waals surface area contributed by atoms with E-state index in [1.54, 1.807) is 4.90 Å². The molecule has 2 atom stereocenters. The van der Waals surface area contributed by atoms with E-state index in [9.17, 15) is 13.2 Å². The van der Waals surface area contributed by atoms with Crippen molar-refractivity contribution in [3.8, 4) is 0 Å². The lowest BCUT2D eigenvalue weighted by Gasteiger charge is -2.46. The molecule has 1 N–H and O–H groups in total. The molecule has 2 nitrogen and oxygen atoms in total. The van der Waals surface area contributed by atoms with E-state index in [2.05, 4.69) is 26.1 Å². The highest BCUT2D eigenvalue weighted by molar-refractivity contribution is 4.99. The Kier molecular flexibility index (Phi) is 5.24. The third-order valence-electron chi connectivity index (χ3n) is 4.82. The Balaban J connectivity index is 2.11. The van der Waals surface area contributed by atoms with Crippen molar-refractivity contribution in [2.24, 2.45) is 5.41 Å². The number of hydrogen-bond acceptors (Lipinski definition) is 2. The summed E-state index contributed by atoms with van der Waals surface area (Å²) in [7, 11) is 0. The van der Waals surface area contributed by atoms with Crippen LogP contribution in [0.4, 0.5) is 13.2 Å². The Labute approximate surface area is 126 Å². The van der Waals surface area contributed by atoms with Crippen LogP contribution in [0.2, 0.25) is 0 Å². The van der Waals surface area contributed by atoms with Crippen molar-refractivity contribution in [2.75, 3.05) is 13.1 Å². The highest BCUT2D eigenvalue weighted by Gasteiger charge is 2.46. The summed E-state index contributed by atoms with van der Waals surface area (Å²) in [4.78, 5) is 1.76. The predicted octanol–water partition coefficient (Wildman–Crippen LogP) is 3.96. The van der Waals surface area contributed by atoms with Gasteiger partial charge in [0.25, 0.3) is 0 Å². The van der Waals surface area contributed by atoms with Gasteiger partial charge < -0.3 is 5.32 Å². The largest absolute Gasteiger partial charge is 0.401 e. The van der Waals surface area contributed by atoms with Gasteiger partial charge in [-0.15, -0.1) is 0 Å². The first-order valence-corrected chi connectivity index (χ1v) is 8.28. The normalized spacial score (nSPS) is 29.9. The van der Waals surface area contributed by atoms with Crippen molar-refractivity contribution in [1.29, 1.82) is 0 Å². The third-order valence-corrected chi connectivity index (χ3v) is 4.82. The van der Waals surface area contributed by atoms with Crippen LogP contribution in [0.15, 0.2) is 0 Å². The van der Waals surface area contributed by atoms with E-state index >= 15 is 0 Å². The van der Waals surface area contributed by atoms with Crippen molar-refractivity contribution in [3.05, 3.63) is 0 Å². The summed E-state index contributed by atoms with van der Waals surface area (Å²) >= 11 is 0. The molecule has 0 radical (unpaired) electrons. The Morgan fingerprint density at radius 3 is 2.38 bits per heavy atom. The van der Waals surface area contributed by atoms with Gasteiger partial charge in [0.15, 0.2) is 0 Å². The van der Waals surface area contributed by atoms with Crippen LogP contribution in [0, 0.1) is 5.41 Å². The summed E-state index contributed by atoms with van der Waals surface area (Å²) in [6, 6.07) is 0.381. The topological polar surface area (TPSA) is 15.3 Å². The summed E-state index contributed by atoms with van der Waals surface area (Å²) in [6.45, 7) is 6.63. The molecule has 2 unspecified atom stereocenters. The van der Waals surface area contributed by atoms with E-state index in [0.29, 0.717) is 0 Å². The fourth-order valence-corrected chi connectivity index (χ4v) is 3.60. The van der Waals surface area contributed by atoms with Crippen LogP contribution in [0.25, 0.3) is 0 Å². The third kappa shape index (κ3) is 5.13. The molecule has 0 aromatic rings. The molecule has 0 aromatic carbocycles. The number of hydrogen-bond donors (Lipinski definition) is 1. The number of alkyl halides is 3. The van der Waals surface area contributed by atoms with Gasteiger partial charge in [-0.3, -0.25) is 4.90 Å². The molecule has 0 aromatic heterocycles. The van der Waals surface area contributed by atoms with Crippen molar-refractivity contribution in [2.45, 2.75) is 83.6 Å². The summed E-state index contributed by atoms with van der Waals surface area (Å²) in [5.41, 5.74) is 0.147. The molecule has 0 aliphatic heterocycles. The maximum Gasteiger partial charge on any atom is 0.401 e. The Bertz CT molecular complexity index is 337. The molecule has 2 fully saturated rings. The molecule has 2 aliphatic carbocycles. The van der Waals surface area contributed by atoms with Crippen LogP contribution < -0.4 is 5.32 Å². The van der Waals surface area contributed by atoms with Gasteiger partial charge >= 0.3 is 6.18 Å². The molecule has 21 heavy (non-hydrogen) atoms. The van der Waals surface area contributed by atoms with Gasteiger partial charge in [0.2, 0.25) is 0 Å². The van der Waals surface area contributed by atoms with E-state index in [1.807, 2.05) is 0 Å². The first kappa shape index (κ1) is 17.1. The monoisotopic (exact) mass is 306 g/mol. The second-order valence-corrected chi connectivity index (χ2v) is 7.55. The maximum atomic E-state index is 13.0. The summed E-state index contributed by atoms with van der Waals surface area (Å²) in [5, 5.41) is 3.50. The molecule has 2 saturated carbocycles. The molecule has 0 saturated heterocycles. The zero-order valence-corrected chi connectivity index (χ0v) is 13.5. The molecular weight excluding hydrogens is 277 g/mol. The first-order chi connectivity index (χ1) is 9.72. The van der Waals surface area contributed by atoms with Gasteiger partial charge in [-0.2, -0.15) is 13.2 Å². The Morgan fingerprint density at radius 1 is 1.19 bits per heavy atom. The van der Waals surface area contributed by atoms with Crippen molar-refractivity contribution in [3.63, 3.8) is 0 Å².